The summed E-state index contributed by atoms with van der Waals surface area (Å²) in [6, 6.07) is 9.82. The van der Waals surface area contributed by atoms with E-state index >= 15 is 0 Å². The molecule has 0 spiro atoms. The molecule has 0 saturated heterocycles. The summed E-state index contributed by atoms with van der Waals surface area (Å²) in [7, 11) is 0. The first-order valence-electron chi connectivity index (χ1n) is 6.59. The second-order valence-electron chi connectivity index (χ2n) is 4.51. The van der Waals surface area contributed by atoms with Gasteiger partial charge in [-0.25, -0.2) is 4.68 Å². The van der Waals surface area contributed by atoms with Gasteiger partial charge in [0.2, 0.25) is 5.95 Å². The van der Waals surface area contributed by atoms with Gasteiger partial charge in [0, 0.05) is 18.0 Å². The fraction of sp³-hybridized carbons (Fsp3) is 0.214. The van der Waals surface area contributed by atoms with Gasteiger partial charge in [0.05, 0.1) is 11.7 Å². The van der Waals surface area contributed by atoms with E-state index in [-0.39, 0.29) is 5.95 Å². The lowest BCUT2D eigenvalue weighted by molar-refractivity contribution is 0.867. The van der Waals surface area contributed by atoms with Crippen molar-refractivity contribution in [2.24, 2.45) is 0 Å². The van der Waals surface area contributed by atoms with Gasteiger partial charge in [-0.2, -0.15) is 15.1 Å². The SMILES string of the molecule is CCCNc1cc(-n2ncc3ccccc32)nc(N)n1. The molecule has 2 heterocycles. The fourth-order valence-corrected chi connectivity index (χ4v) is 2.06. The van der Waals surface area contributed by atoms with Gasteiger partial charge in [0.15, 0.2) is 5.82 Å². The summed E-state index contributed by atoms with van der Waals surface area (Å²) in [4.78, 5) is 8.44. The number of benzene rings is 1. The topological polar surface area (TPSA) is 81.7 Å². The van der Waals surface area contributed by atoms with Gasteiger partial charge in [0.1, 0.15) is 5.82 Å². The number of fused-ring (bicyclic) bond motifs is 1. The Morgan fingerprint density at radius 1 is 1.25 bits per heavy atom. The first-order chi connectivity index (χ1) is 9.78. The largest absolute Gasteiger partial charge is 0.370 e. The van der Waals surface area contributed by atoms with Crippen LogP contribution in [0.1, 0.15) is 13.3 Å². The van der Waals surface area contributed by atoms with Crippen molar-refractivity contribution >= 4 is 22.7 Å². The van der Waals surface area contributed by atoms with Crippen LogP contribution in [0.3, 0.4) is 0 Å². The zero-order valence-electron chi connectivity index (χ0n) is 11.2. The van der Waals surface area contributed by atoms with Crippen LogP contribution in [0.15, 0.2) is 36.5 Å². The summed E-state index contributed by atoms with van der Waals surface area (Å²) in [5.41, 5.74) is 6.77. The molecule has 3 rings (SSSR count). The maximum atomic E-state index is 5.78. The van der Waals surface area contributed by atoms with E-state index in [2.05, 4.69) is 27.3 Å². The Labute approximate surface area is 116 Å². The Balaban J connectivity index is 2.07. The van der Waals surface area contributed by atoms with Crippen LogP contribution in [0.5, 0.6) is 0 Å². The van der Waals surface area contributed by atoms with E-state index in [1.807, 2.05) is 36.5 Å². The maximum absolute atomic E-state index is 5.78. The molecule has 2 aromatic heterocycles. The normalized spacial score (nSPS) is 10.8. The molecule has 6 heteroatoms. The predicted octanol–water partition coefficient (Wildman–Crippen LogP) is 2.22. The highest BCUT2D eigenvalue weighted by Gasteiger charge is 2.08. The van der Waals surface area contributed by atoms with Crippen molar-refractivity contribution < 1.29 is 0 Å². The van der Waals surface area contributed by atoms with Crippen molar-refractivity contribution in [1.82, 2.24) is 19.7 Å². The first-order valence-corrected chi connectivity index (χ1v) is 6.59. The van der Waals surface area contributed by atoms with Crippen molar-refractivity contribution in [3.8, 4) is 5.82 Å². The number of nitrogens with one attached hydrogen (secondary N) is 1. The van der Waals surface area contributed by atoms with E-state index in [1.165, 1.54) is 0 Å². The van der Waals surface area contributed by atoms with E-state index in [0.29, 0.717) is 11.6 Å². The lowest BCUT2D eigenvalue weighted by Crippen LogP contribution is -2.08. The number of hydrogen-bond donors (Lipinski definition) is 2. The highest BCUT2D eigenvalue weighted by atomic mass is 15.3. The molecule has 0 saturated carbocycles. The Bertz CT molecular complexity index is 733. The van der Waals surface area contributed by atoms with Crippen LogP contribution >= 0.6 is 0 Å². The third-order valence-electron chi connectivity index (χ3n) is 2.98. The number of aromatic nitrogens is 4. The second kappa shape index (κ2) is 5.16. The van der Waals surface area contributed by atoms with Crippen molar-refractivity contribution in [3.63, 3.8) is 0 Å². The minimum Gasteiger partial charge on any atom is -0.370 e. The molecule has 102 valence electrons. The number of anilines is 2. The number of nitrogen functional groups attached to an aromatic ring is 1. The molecular formula is C14H16N6. The number of para-hydroxylation sites is 1. The molecule has 0 radical (unpaired) electrons. The second-order valence-corrected chi connectivity index (χ2v) is 4.51. The Morgan fingerprint density at radius 2 is 2.10 bits per heavy atom. The molecule has 20 heavy (non-hydrogen) atoms. The predicted molar refractivity (Wildman–Crippen MR) is 79.9 cm³/mol. The van der Waals surface area contributed by atoms with Crippen LogP contribution < -0.4 is 11.1 Å². The Kier molecular flexibility index (Phi) is 3.20. The third kappa shape index (κ3) is 2.27. The molecule has 6 nitrogen and oxygen atoms in total. The summed E-state index contributed by atoms with van der Waals surface area (Å²) in [5, 5.41) is 8.65. The standard InChI is InChI=1S/C14H16N6/c1-2-7-16-12-8-13(19-14(15)18-12)20-11-6-4-3-5-10(11)9-17-20/h3-6,8-9H,2,7H2,1H3,(H3,15,16,18,19). The maximum Gasteiger partial charge on any atom is 0.224 e. The number of hydrogen-bond acceptors (Lipinski definition) is 5. The lowest BCUT2D eigenvalue weighted by Gasteiger charge is -2.08. The van der Waals surface area contributed by atoms with Crippen LogP contribution in [0, 0.1) is 0 Å². The summed E-state index contributed by atoms with van der Waals surface area (Å²) < 4.78 is 1.77. The van der Waals surface area contributed by atoms with Crippen LogP contribution in [-0.4, -0.2) is 26.3 Å². The van der Waals surface area contributed by atoms with Gasteiger partial charge < -0.3 is 11.1 Å². The van der Waals surface area contributed by atoms with E-state index in [1.54, 1.807) is 4.68 Å². The Morgan fingerprint density at radius 3 is 2.95 bits per heavy atom. The van der Waals surface area contributed by atoms with Crippen LogP contribution in [-0.2, 0) is 0 Å². The van der Waals surface area contributed by atoms with Gasteiger partial charge in [-0.3, -0.25) is 0 Å². The molecule has 0 bridgehead atoms. The molecule has 0 fully saturated rings. The smallest absolute Gasteiger partial charge is 0.224 e. The van der Waals surface area contributed by atoms with E-state index in [0.717, 1.165) is 23.9 Å². The zero-order valence-corrected chi connectivity index (χ0v) is 11.2. The highest BCUT2D eigenvalue weighted by Crippen LogP contribution is 2.18. The van der Waals surface area contributed by atoms with Gasteiger partial charge in [-0.1, -0.05) is 25.1 Å². The molecule has 0 aliphatic heterocycles. The van der Waals surface area contributed by atoms with E-state index < -0.39 is 0 Å². The number of rotatable bonds is 4. The fourth-order valence-electron chi connectivity index (χ4n) is 2.06. The van der Waals surface area contributed by atoms with E-state index in [4.69, 9.17) is 5.73 Å². The minimum absolute atomic E-state index is 0.237. The molecule has 0 amide bonds. The molecule has 1 aromatic carbocycles. The molecule has 0 unspecified atom stereocenters. The van der Waals surface area contributed by atoms with Gasteiger partial charge in [-0.05, 0) is 12.5 Å². The van der Waals surface area contributed by atoms with Gasteiger partial charge >= 0.3 is 0 Å². The van der Waals surface area contributed by atoms with E-state index in [9.17, 15) is 0 Å². The van der Waals surface area contributed by atoms with Crippen LogP contribution in [0.2, 0.25) is 0 Å². The number of nitrogens with zero attached hydrogens (tertiary/aromatic N) is 4. The summed E-state index contributed by atoms with van der Waals surface area (Å²) >= 11 is 0. The quantitative estimate of drug-likeness (QED) is 0.758. The monoisotopic (exact) mass is 268 g/mol. The van der Waals surface area contributed by atoms with Crippen molar-refractivity contribution in [3.05, 3.63) is 36.5 Å². The minimum atomic E-state index is 0.237. The summed E-state index contributed by atoms with van der Waals surface area (Å²) in [5.74, 6) is 1.62. The molecular weight excluding hydrogens is 252 g/mol. The summed E-state index contributed by atoms with van der Waals surface area (Å²) in [6.07, 6.45) is 2.83. The third-order valence-corrected chi connectivity index (χ3v) is 2.98. The average Bonchev–Trinajstić information content (AvgIpc) is 2.88. The average molecular weight is 268 g/mol. The Hall–Kier alpha value is -2.63. The summed E-state index contributed by atoms with van der Waals surface area (Å²) in [6.45, 7) is 2.94. The molecule has 0 atom stereocenters. The zero-order chi connectivity index (χ0) is 13.9. The van der Waals surface area contributed by atoms with Crippen molar-refractivity contribution in [1.29, 1.82) is 0 Å². The van der Waals surface area contributed by atoms with Gasteiger partial charge in [0.25, 0.3) is 0 Å². The van der Waals surface area contributed by atoms with Crippen LogP contribution in [0.25, 0.3) is 16.7 Å². The highest BCUT2D eigenvalue weighted by molar-refractivity contribution is 5.79. The van der Waals surface area contributed by atoms with Crippen molar-refractivity contribution in [2.45, 2.75) is 13.3 Å². The number of nitrogens with two attached hydrogens (primary N) is 1. The first kappa shape index (κ1) is 12.4. The molecule has 0 aliphatic rings. The molecule has 3 N–H and O–H groups in total. The molecule has 0 aliphatic carbocycles. The lowest BCUT2D eigenvalue weighted by atomic mass is 10.2. The van der Waals surface area contributed by atoms with Crippen molar-refractivity contribution in [2.75, 3.05) is 17.6 Å². The molecule has 3 aromatic rings. The van der Waals surface area contributed by atoms with Crippen LogP contribution in [0.4, 0.5) is 11.8 Å². The van der Waals surface area contributed by atoms with Gasteiger partial charge in [-0.15, -0.1) is 0 Å².